The molecule has 1 amide bonds. The molecule has 1 unspecified atom stereocenters. The molecule has 98 valence electrons. The summed E-state index contributed by atoms with van der Waals surface area (Å²) in [5, 5.41) is 6.22. The maximum atomic E-state index is 12.7. The molecule has 1 atom stereocenters. The van der Waals surface area contributed by atoms with Gasteiger partial charge in [0.05, 0.1) is 0 Å². The Morgan fingerprint density at radius 3 is 2.83 bits per heavy atom. The van der Waals surface area contributed by atoms with Gasteiger partial charge >= 0.3 is 0 Å². The third-order valence-corrected chi connectivity index (χ3v) is 3.29. The fourth-order valence-corrected chi connectivity index (χ4v) is 2.20. The largest absolute Gasteiger partial charge is 0.352 e. The minimum Gasteiger partial charge on any atom is -0.352 e. The second kappa shape index (κ2) is 6.50. The van der Waals surface area contributed by atoms with E-state index >= 15 is 0 Å². The third kappa shape index (κ3) is 4.11. The predicted octanol–water partition coefficient (Wildman–Crippen LogP) is 1.97. The van der Waals surface area contributed by atoms with Crippen LogP contribution in [0.2, 0.25) is 0 Å². The van der Waals surface area contributed by atoms with Gasteiger partial charge in [0.25, 0.3) is 0 Å². The molecule has 1 aliphatic heterocycles. The number of hydrogen-bond acceptors (Lipinski definition) is 2. The molecule has 1 saturated heterocycles. The monoisotopic (exact) mass is 250 g/mol. The van der Waals surface area contributed by atoms with Crippen LogP contribution < -0.4 is 10.6 Å². The molecule has 0 aliphatic carbocycles. The van der Waals surface area contributed by atoms with Gasteiger partial charge in [-0.2, -0.15) is 0 Å². The van der Waals surface area contributed by atoms with E-state index in [1.54, 1.807) is 12.1 Å². The first-order valence-electron chi connectivity index (χ1n) is 6.48. The summed E-state index contributed by atoms with van der Waals surface area (Å²) in [7, 11) is 0. The van der Waals surface area contributed by atoms with Crippen molar-refractivity contribution in [3.05, 3.63) is 35.6 Å². The number of halogens is 1. The Labute approximate surface area is 107 Å². The summed E-state index contributed by atoms with van der Waals surface area (Å²) < 4.78 is 12.7. The van der Waals surface area contributed by atoms with E-state index in [0.29, 0.717) is 19.0 Å². The maximum absolute atomic E-state index is 12.7. The van der Waals surface area contributed by atoms with Crippen LogP contribution in [0.3, 0.4) is 0 Å². The van der Waals surface area contributed by atoms with Crippen LogP contribution in [0.5, 0.6) is 0 Å². The number of carbonyl (C=O) groups excluding carboxylic acids is 1. The number of nitrogens with one attached hydrogen (secondary N) is 2. The van der Waals surface area contributed by atoms with Crippen molar-refractivity contribution >= 4 is 5.91 Å². The van der Waals surface area contributed by atoms with E-state index in [2.05, 4.69) is 10.6 Å². The average molecular weight is 250 g/mol. The van der Waals surface area contributed by atoms with E-state index in [4.69, 9.17) is 0 Å². The molecule has 4 heteroatoms. The fraction of sp³-hybridized carbons (Fsp3) is 0.500. The zero-order valence-corrected chi connectivity index (χ0v) is 10.4. The maximum Gasteiger partial charge on any atom is 0.220 e. The van der Waals surface area contributed by atoms with Crippen molar-refractivity contribution in [2.75, 3.05) is 6.54 Å². The normalized spacial score (nSPS) is 18.8. The second-order valence-electron chi connectivity index (χ2n) is 4.74. The molecule has 2 N–H and O–H groups in total. The zero-order chi connectivity index (χ0) is 12.8. The predicted molar refractivity (Wildman–Crippen MR) is 68.5 cm³/mol. The molecule has 18 heavy (non-hydrogen) atoms. The van der Waals surface area contributed by atoms with Gasteiger partial charge in [-0.25, -0.2) is 4.39 Å². The lowest BCUT2D eigenvalue weighted by Gasteiger charge is -2.10. The van der Waals surface area contributed by atoms with Gasteiger partial charge in [-0.1, -0.05) is 12.1 Å². The van der Waals surface area contributed by atoms with E-state index < -0.39 is 0 Å². The van der Waals surface area contributed by atoms with Crippen LogP contribution in [-0.2, 0) is 11.3 Å². The van der Waals surface area contributed by atoms with Crippen LogP contribution in [0.4, 0.5) is 4.39 Å². The zero-order valence-electron chi connectivity index (χ0n) is 10.4. The summed E-state index contributed by atoms with van der Waals surface area (Å²) in [5.74, 6) is -0.189. The van der Waals surface area contributed by atoms with Gasteiger partial charge in [0, 0.05) is 19.0 Å². The Hall–Kier alpha value is -1.42. The number of amides is 1. The summed E-state index contributed by atoms with van der Waals surface area (Å²) >= 11 is 0. The average Bonchev–Trinajstić information content (AvgIpc) is 2.89. The molecular formula is C14H19FN2O. The van der Waals surface area contributed by atoms with Crippen molar-refractivity contribution in [2.45, 2.75) is 38.3 Å². The summed E-state index contributed by atoms with van der Waals surface area (Å²) in [5.41, 5.74) is 0.920. The Morgan fingerprint density at radius 2 is 2.17 bits per heavy atom. The van der Waals surface area contributed by atoms with Gasteiger partial charge in [-0.15, -0.1) is 0 Å². The van der Waals surface area contributed by atoms with Gasteiger partial charge in [-0.3, -0.25) is 4.79 Å². The number of hydrogen-bond donors (Lipinski definition) is 2. The SMILES string of the molecule is O=C(CCC1CCCN1)NCc1ccc(F)cc1. The van der Waals surface area contributed by atoms with Crippen LogP contribution >= 0.6 is 0 Å². The van der Waals surface area contributed by atoms with Crippen molar-refractivity contribution < 1.29 is 9.18 Å². The van der Waals surface area contributed by atoms with Crippen LogP contribution in [0.25, 0.3) is 0 Å². The molecule has 2 rings (SSSR count). The minimum atomic E-state index is -0.252. The topological polar surface area (TPSA) is 41.1 Å². The van der Waals surface area contributed by atoms with Crippen molar-refractivity contribution in [1.82, 2.24) is 10.6 Å². The standard InChI is InChI=1S/C14H19FN2O/c15-12-5-3-11(4-6-12)10-17-14(18)8-7-13-2-1-9-16-13/h3-6,13,16H,1-2,7-10H2,(H,17,18). The van der Waals surface area contributed by atoms with Crippen molar-refractivity contribution in [2.24, 2.45) is 0 Å². The second-order valence-corrected chi connectivity index (χ2v) is 4.74. The highest BCUT2D eigenvalue weighted by molar-refractivity contribution is 5.75. The highest BCUT2D eigenvalue weighted by Crippen LogP contribution is 2.10. The van der Waals surface area contributed by atoms with Gasteiger partial charge < -0.3 is 10.6 Å². The molecule has 1 heterocycles. The Kier molecular flexibility index (Phi) is 4.70. The summed E-state index contributed by atoms with van der Waals surface area (Å²) in [6.07, 6.45) is 3.83. The molecule has 1 aromatic carbocycles. The first-order chi connectivity index (χ1) is 8.74. The lowest BCUT2D eigenvalue weighted by atomic mass is 10.1. The molecule has 0 spiro atoms. The molecule has 3 nitrogen and oxygen atoms in total. The first kappa shape index (κ1) is 13.0. The Morgan fingerprint density at radius 1 is 1.39 bits per heavy atom. The third-order valence-electron chi connectivity index (χ3n) is 3.29. The van der Waals surface area contributed by atoms with Gasteiger partial charge in [0.1, 0.15) is 5.82 Å². The first-order valence-corrected chi connectivity index (χ1v) is 6.48. The van der Waals surface area contributed by atoms with Crippen LogP contribution in [-0.4, -0.2) is 18.5 Å². The highest BCUT2D eigenvalue weighted by Gasteiger charge is 2.14. The summed E-state index contributed by atoms with van der Waals surface area (Å²) in [6, 6.07) is 6.69. The van der Waals surface area contributed by atoms with Crippen LogP contribution in [0, 0.1) is 5.82 Å². The molecule has 1 aromatic rings. The number of rotatable bonds is 5. The molecule has 0 aromatic heterocycles. The number of benzene rings is 1. The summed E-state index contributed by atoms with van der Waals surface area (Å²) in [4.78, 5) is 11.6. The fourth-order valence-electron chi connectivity index (χ4n) is 2.20. The van der Waals surface area contributed by atoms with Crippen LogP contribution in [0.1, 0.15) is 31.2 Å². The summed E-state index contributed by atoms with van der Waals surface area (Å²) in [6.45, 7) is 1.54. The lowest BCUT2D eigenvalue weighted by molar-refractivity contribution is -0.121. The molecule has 1 aliphatic rings. The number of carbonyl (C=O) groups is 1. The van der Waals surface area contributed by atoms with E-state index in [-0.39, 0.29) is 11.7 Å². The van der Waals surface area contributed by atoms with E-state index in [1.807, 2.05) is 0 Å². The molecule has 0 bridgehead atoms. The van der Waals surface area contributed by atoms with Gasteiger partial charge in [-0.05, 0) is 43.5 Å². The minimum absolute atomic E-state index is 0.0630. The molecule has 0 radical (unpaired) electrons. The van der Waals surface area contributed by atoms with E-state index in [0.717, 1.165) is 18.5 Å². The lowest BCUT2D eigenvalue weighted by Crippen LogP contribution is -2.27. The Balaban J connectivity index is 1.66. The smallest absolute Gasteiger partial charge is 0.220 e. The van der Waals surface area contributed by atoms with Gasteiger partial charge in [0.2, 0.25) is 5.91 Å². The molecule has 1 fully saturated rings. The highest BCUT2D eigenvalue weighted by atomic mass is 19.1. The van der Waals surface area contributed by atoms with E-state index in [1.165, 1.54) is 25.0 Å². The van der Waals surface area contributed by atoms with Crippen molar-refractivity contribution in [3.63, 3.8) is 0 Å². The molecular weight excluding hydrogens is 231 g/mol. The molecule has 0 saturated carbocycles. The quantitative estimate of drug-likeness (QED) is 0.839. The van der Waals surface area contributed by atoms with E-state index in [9.17, 15) is 9.18 Å². The van der Waals surface area contributed by atoms with Crippen LogP contribution in [0.15, 0.2) is 24.3 Å². The van der Waals surface area contributed by atoms with Crippen molar-refractivity contribution in [3.8, 4) is 0 Å². The Bertz CT molecular complexity index is 385. The van der Waals surface area contributed by atoms with Gasteiger partial charge in [0.15, 0.2) is 0 Å². The van der Waals surface area contributed by atoms with Crippen molar-refractivity contribution in [1.29, 1.82) is 0 Å².